The second kappa shape index (κ2) is 5.44. The highest BCUT2D eigenvalue weighted by atomic mass is 19.1. The third-order valence-electron chi connectivity index (χ3n) is 3.31. The Morgan fingerprint density at radius 1 is 1.14 bits per heavy atom. The van der Waals surface area contributed by atoms with E-state index in [-0.39, 0.29) is 11.2 Å². The molecule has 1 N–H and O–H groups in total. The van der Waals surface area contributed by atoms with Crippen molar-refractivity contribution in [1.29, 1.82) is 0 Å². The number of nitrogens with one attached hydrogen (secondary N) is 1. The largest absolute Gasteiger partial charge is 0.451 e. The molecule has 1 heterocycles. The van der Waals surface area contributed by atoms with Crippen LogP contribution in [0.1, 0.15) is 16.1 Å². The summed E-state index contributed by atoms with van der Waals surface area (Å²) >= 11 is 0. The van der Waals surface area contributed by atoms with Crippen molar-refractivity contribution in [2.45, 2.75) is 6.92 Å². The monoisotopic (exact) mass is 297 g/mol. The summed E-state index contributed by atoms with van der Waals surface area (Å²) in [7, 11) is 0. The molecule has 2 aromatic carbocycles. The van der Waals surface area contributed by atoms with Crippen LogP contribution in [-0.4, -0.2) is 5.91 Å². The maximum atomic E-state index is 13.2. The summed E-state index contributed by atoms with van der Waals surface area (Å²) in [5.74, 6) is -1.18. The molecule has 4 nitrogen and oxygen atoms in total. The summed E-state index contributed by atoms with van der Waals surface area (Å²) < 4.78 is 18.7. The van der Waals surface area contributed by atoms with Crippen molar-refractivity contribution in [2.75, 3.05) is 5.32 Å². The maximum absolute atomic E-state index is 13.2. The molecular weight excluding hydrogens is 285 g/mol. The molecule has 0 saturated carbocycles. The first kappa shape index (κ1) is 14.0. The Bertz CT molecular complexity index is 931. The first-order chi connectivity index (χ1) is 10.5. The maximum Gasteiger partial charge on any atom is 0.291 e. The van der Waals surface area contributed by atoms with Gasteiger partial charge in [0.05, 0.1) is 5.39 Å². The minimum Gasteiger partial charge on any atom is -0.451 e. The number of benzene rings is 2. The summed E-state index contributed by atoms with van der Waals surface area (Å²) in [4.78, 5) is 24.2. The van der Waals surface area contributed by atoms with Crippen LogP contribution in [0.5, 0.6) is 0 Å². The van der Waals surface area contributed by atoms with Crippen LogP contribution in [0.4, 0.5) is 10.1 Å². The molecule has 5 heteroatoms. The van der Waals surface area contributed by atoms with E-state index in [1.165, 1.54) is 12.1 Å². The highest BCUT2D eigenvalue weighted by Gasteiger charge is 2.13. The van der Waals surface area contributed by atoms with Gasteiger partial charge in [-0.15, -0.1) is 0 Å². The molecule has 0 fully saturated rings. The quantitative estimate of drug-likeness (QED) is 0.787. The minimum absolute atomic E-state index is 0.118. The lowest BCUT2D eigenvalue weighted by Gasteiger charge is -2.08. The number of carbonyl (C=O) groups excluding carboxylic acids is 1. The van der Waals surface area contributed by atoms with Crippen LogP contribution < -0.4 is 10.7 Å². The molecule has 0 bridgehead atoms. The van der Waals surface area contributed by atoms with E-state index in [2.05, 4.69) is 5.32 Å². The Hall–Kier alpha value is -2.95. The summed E-state index contributed by atoms with van der Waals surface area (Å²) in [6.07, 6.45) is 0. The molecular formula is C17H12FNO3. The van der Waals surface area contributed by atoms with Crippen LogP contribution in [0.3, 0.4) is 0 Å². The third kappa shape index (κ3) is 2.61. The first-order valence-electron chi connectivity index (χ1n) is 6.65. The zero-order valence-electron chi connectivity index (χ0n) is 11.7. The van der Waals surface area contributed by atoms with Crippen LogP contribution >= 0.6 is 0 Å². The SMILES string of the molecule is Cc1ccc(F)cc1NC(=O)c1cc(=O)c2ccccc2o1. The van der Waals surface area contributed by atoms with Crippen LogP contribution in [0.2, 0.25) is 0 Å². The van der Waals surface area contributed by atoms with E-state index in [1.807, 2.05) is 0 Å². The van der Waals surface area contributed by atoms with Gasteiger partial charge in [0.1, 0.15) is 11.4 Å². The van der Waals surface area contributed by atoms with E-state index in [0.717, 1.165) is 6.07 Å². The lowest BCUT2D eigenvalue weighted by atomic mass is 10.2. The van der Waals surface area contributed by atoms with Crippen molar-refractivity contribution < 1.29 is 13.6 Å². The first-order valence-corrected chi connectivity index (χ1v) is 6.65. The van der Waals surface area contributed by atoms with E-state index >= 15 is 0 Å². The van der Waals surface area contributed by atoms with Crippen molar-refractivity contribution in [2.24, 2.45) is 0 Å². The summed E-state index contributed by atoms with van der Waals surface area (Å²) in [5.41, 5.74) is 1.07. The van der Waals surface area contributed by atoms with Crippen molar-refractivity contribution in [1.82, 2.24) is 0 Å². The molecule has 0 unspecified atom stereocenters. The second-order valence-corrected chi connectivity index (χ2v) is 4.88. The predicted octanol–water partition coefficient (Wildman–Crippen LogP) is 3.49. The standard InChI is InChI=1S/C17H12FNO3/c1-10-6-7-11(18)8-13(10)19-17(21)16-9-14(20)12-4-2-3-5-15(12)22-16/h2-9H,1H3,(H,19,21). The number of hydrogen-bond acceptors (Lipinski definition) is 3. The average Bonchev–Trinajstić information content (AvgIpc) is 2.51. The Morgan fingerprint density at radius 3 is 2.73 bits per heavy atom. The second-order valence-electron chi connectivity index (χ2n) is 4.88. The van der Waals surface area contributed by atoms with Crippen molar-refractivity contribution in [3.8, 4) is 0 Å². The zero-order chi connectivity index (χ0) is 15.7. The molecule has 110 valence electrons. The molecule has 22 heavy (non-hydrogen) atoms. The summed E-state index contributed by atoms with van der Waals surface area (Å²) in [6, 6.07) is 11.9. The van der Waals surface area contributed by atoms with E-state index in [1.54, 1.807) is 37.3 Å². The molecule has 0 saturated heterocycles. The molecule has 0 atom stereocenters. The topological polar surface area (TPSA) is 59.3 Å². The van der Waals surface area contributed by atoms with Gasteiger partial charge in [-0.05, 0) is 36.8 Å². The average molecular weight is 297 g/mol. The molecule has 0 radical (unpaired) electrons. The Kier molecular flexibility index (Phi) is 3.47. The number of anilines is 1. The van der Waals surface area contributed by atoms with Crippen LogP contribution in [0.25, 0.3) is 11.0 Å². The molecule has 3 rings (SSSR count). The number of rotatable bonds is 2. The molecule has 1 amide bonds. The molecule has 0 aliphatic carbocycles. The predicted molar refractivity (Wildman–Crippen MR) is 81.6 cm³/mol. The molecule has 1 aromatic heterocycles. The summed E-state index contributed by atoms with van der Waals surface area (Å²) in [6.45, 7) is 1.74. The van der Waals surface area contributed by atoms with Crippen molar-refractivity contribution in [3.05, 3.63) is 75.9 Å². The van der Waals surface area contributed by atoms with Gasteiger partial charge < -0.3 is 9.73 Å². The van der Waals surface area contributed by atoms with Crippen molar-refractivity contribution in [3.63, 3.8) is 0 Å². The number of carbonyl (C=O) groups is 1. The molecule has 0 aliphatic rings. The molecule has 0 aliphatic heterocycles. The van der Waals surface area contributed by atoms with E-state index in [9.17, 15) is 14.0 Å². The third-order valence-corrected chi connectivity index (χ3v) is 3.31. The Morgan fingerprint density at radius 2 is 1.91 bits per heavy atom. The van der Waals surface area contributed by atoms with Gasteiger partial charge in [-0.1, -0.05) is 18.2 Å². The minimum atomic E-state index is -0.600. The zero-order valence-corrected chi connectivity index (χ0v) is 11.7. The van der Waals surface area contributed by atoms with Gasteiger partial charge >= 0.3 is 0 Å². The number of fused-ring (bicyclic) bond motifs is 1. The number of amides is 1. The van der Waals surface area contributed by atoms with Gasteiger partial charge in [0.25, 0.3) is 5.91 Å². The smallest absolute Gasteiger partial charge is 0.291 e. The normalized spacial score (nSPS) is 10.6. The molecule has 3 aromatic rings. The van der Waals surface area contributed by atoms with Crippen molar-refractivity contribution >= 4 is 22.6 Å². The van der Waals surface area contributed by atoms with Crippen LogP contribution in [0.15, 0.2) is 57.7 Å². The summed E-state index contributed by atoms with van der Waals surface area (Å²) in [5, 5.41) is 2.95. The van der Waals surface area contributed by atoms with Gasteiger partial charge in [0, 0.05) is 11.8 Å². The fourth-order valence-corrected chi connectivity index (χ4v) is 2.13. The Balaban J connectivity index is 1.99. The van der Waals surface area contributed by atoms with Crippen LogP contribution in [-0.2, 0) is 0 Å². The van der Waals surface area contributed by atoms with Gasteiger partial charge in [0.15, 0.2) is 11.2 Å². The fraction of sp³-hybridized carbons (Fsp3) is 0.0588. The number of halogens is 1. The number of hydrogen-bond donors (Lipinski definition) is 1. The van der Waals surface area contributed by atoms with Gasteiger partial charge in [-0.2, -0.15) is 0 Å². The van der Waals surface area contributed by atoms with Gasteiger partial charge in [-0.25, -0.2) is 4.39 Å². The highest BCUT2D eigenvalue weighted by Crippen LogP contribution is 2.18. The number of para-hydroxylation sites is 1. The van der Waals surface area contributed by atoms with E-state index < -0.39 is 11.7 Å². The highest BCUT2D eigenvalue weighted by molar-refractivity contribution is 6.03. The Labute approximate surface area is 125 Å². The number of aryl methyl sites for hydroxylation is 1. The van der Waals surface area contributed by atoms with Crippen LogP contribution in [0, 0.1) is 12.7 Å². The fourth-order valence-electron chi connectivity index (χ4n) is 2.13. The van der Waals surface area contributed by atoms with Gasteiger partial charge in [0.2, 0.25) is 0 Å². The lowest BCUT2D eigenvalue weighted by Crippen LogP contribution is -2.15. The van der Waals surface area contributed by atoms with E-state index in [4.69, 9.17) is 4.42 Å². The lowest BCUT2D eigenvalue weighted by molar-refractivity contribution is 0.0997. The molecule has 0 spiro atoms. The van der Waals surface area contributed by atoms with Gasteiger partial charge in [-0.3, -0.25) is 9.59 Å². The van der Waals surface area contributed by atoms with E-state index in [0.29, 0.717) is 22.2 Å².